The zero-order valence-electron chi connectivity index (χ0n) is 12.2. The Morgan fingerprint density at radius 3 is 2.24 bits per heavy atom. The van der Waals surface area contributed by atoms with E-state index in [1.807, 2.05) is 0 Å². The molecule has 0 aromatic rings. The van der Waals surface area contributed by atoms with Crippen molar-refractivity contribution in [3.63, 3.8) is 0 Å². The van der Waals surface area contributed by atoms with Crippen LogP contribution in [0.25, 0.3) is 0 Å². The standard InChI is InChI=1S/C14H28O3/c1-13(2,3)16-10-12-11(8-7-9-15-12)17-14(4,5)6/h11-12H,7-10H2,1-6H3/t11?,12-/m1/s1. The summed E-state index contributed by atoms with van der Waals surface area (Å²) in [7, 11) is 0. The second-order valence-electron chi connectivity index (χ2n) is 6.74. The molecule has 0 aromatic heterocycles. The lowest BCUT2D eigenvalue weighted by Gasteiger charge is -2.37. The third-order valence-electron chi connectivity index (χ3n) is 2.57. The molecule has 0 bridgehead atoms. The van der Waals surface area contributed by atoms with Gasteiger partial charge in [-0.05, 0) is 54.4 Å². The Bertz CT molecular complexity index is 225. The second-order valence-corrected chi connectivity index (χ2v) is 6.74. The van der Waals surface area contributed by atoms with E-state index in [-0.39, 0.29) is 23.4 Å². The SMILES string of the molecule is CC(C)(C)OC[C@H]1OCCCC1OC(C)(C)C. The number of ether oxygens (including phenoxy) is 3. The quantitative estimate of drug-likeness (QED) is 0.763. The normalized spacial score (nSPS) is 27.2. The Morgan fingerprint density at radius 1 is 1.06 bits per heavy atom. The van der Waals surface area contributed by atoms with Crippen molar-refractivity contribution in [1.29, 1.82) is 0 Å². The smallest absolute Gasteiger partial charge is 0.107 e. The molecule has 1 aliphatic heterocycles. The molecule has 0 aromatic carbocycles. The maximum atomic E-state index is 6.05. The zero-order valence-corrected chi connectivity index (χ0v) is 12.2. The molecule has 0 radical (unpaired) electrons. The lowest BCUT2D eigenvalue weighted by atomic mass is 10.0. The monoisotopic (exact) mass is 244 g/mol. The molecule has 2 atom stereocenters. The van der Waals surface area contributed by atoms with Crippen LogP contribution in [0.1, 0.15) is 54.4 Å². The molecule has 3 nitrogen and oxygen atoms in total. The highest BCUT2D eigenvalue weighted by Gasteiger charge is 2.31. The Morgan fingerprint density at radius 2 is 1.71 bits per heavy atom. The van der Waals surface area contributed by atoms with Crippen LogP contribution in [0, 0.1) is 0 Å². The molecule has 0 spiro atoms. The van der Waals surface area contributed by atoms with Crippen molar-refractivity contribution in [2.75, 3.05) is 13.2 Å². The molecule has 1 unspecified atom stereocenters. The summed E-state index contributed by atoms with van der Waals surface area (Å²) < 4.78 is 17.6. The molecule has 1 saturated heterocycles. The highest BCUT2D eigenvalue weighted by atomic mass is 16.6. The largest absolute Gasteiger partial charge is 0.373 e. The van der Waals surface area contributed by atoms with Crippen LogP contribution < -0.4 is 0 Å². The summed E-state index contributed by atoms with van der Waals surface area (Å²) in [6.45, 7) is 13.9. The Kier molecular flexibility index (Phi) is 4.99. The molecule has 102 valence electrons. The highest BCUT2D eigenvalue weighted by Crippen LogP contribution is 2.24. The summed E-state index contributed by atoms with van der Waals surface area (Å²) in [5.74, 6) is 0. The molecule has 3 heteroatoms. The molecular formula is C14H28O3. The predicted octanol–water partition coefficient (Wildman–Crippen LogP) is 3.16. The van der Waals surface area contributed by atoms with Gasteiger partial charge in [-0.3, -0.25) is 0 Å². The first-order valence-corrected chi connectivity index (χ1v) is 6.61. The van der Waals surface area contributed by atoms with Crippen LogP contribution in [0.4, 0.5) is 0 Å². The van der Waals surface area contributed by atoms with Crippen LogP contribution in [0.3, 0.4) is 0 Å². The van der Waals surface area contributed by atoms with E-state index < -0.39 is 0 Å². The molecule has 1 aliphatic rings. The lowest BCUT2D eigenvalue weighted by Crippen LogP contribution is -2.44. The zero-order chi connectivity index (χ0) is 13.1. The molecule has 0 amide bonds. The van der Waals surface area contributed by atoms with Gasteiger partial charge in [-0.1, -0.05) is 0 Å². The van der Waals surface area contributed by atoms with Gasteiger partial charge in [0.25, 0.3) is 0 Å². The Balaban J connectivity index is 2.48. The van der Waals surface area contributed by atoms with E-state index in [1.54, 1.807) is 0 Å². The third kappa shape index (κ3) is 6.39. The van der Waals surface area contributed by atoms with Gasteiger partial charge in [0.1, 0.15) is 6.10 Å². The fourth-order valence-corrected chi connectivity index (χ4v) is 1.89. The maximum Gasteiger partial charge on any atom is 0.107 e. The van der Waals surface area contributed by atoms with Crippen LogP contribution in [-0.4, -0.2) is 36.6 Å². The summed E-state index contributed by atoms with van der Waals surface area (Å²) in [5.41, 5.74) is -0.238. The molecule has 1 rings (SSSR count). The summed E-state index contributed by atoms with van der Waals surface area (Å²) >= 11 is 0. The number of rotatable bonds is 3. The second kappa shape index (κ2) is 5.68. The molecule has 1 fully saturated rings. The van der Waals surface area contributed by atoms with Crippen molar-refractivity contribution >= 4 is 0 Å². The Hall–Kier alpha value is -0.120. The molecule has 0 aliphatic carbocycles. The van der Waals surface area contributed by atoms with Gasteiger partial charge in [0.15, 0.2) is 0 Å². The summed E-state index contributed by atoms with van der Waals surface area (Å²) in [4.78, 5) is 0. The third-order valence-corrected chi connectivity index (χ3v) is 2.57. The van der Waals surface area contributed by atoms with E-state index in [0.29, 0.717) is 6.61 Å². The minimum atomic E-state index is -0.120. The van der Waals surface area contributed by atoms with Gasteiger partial charge in [0.2, 0.25) is 0 Å². The Labute approximate surface area is 106 Å². The predicted molar refractivity (Wildman–Crippen MR) is 69.3 cm³/mol. The van der Waals surface area contributed by atoms with E-state index in [9.17, 15) is 0 Å². The van der Waals surface area contributed by atoms with Crippen molar-refractivity contribution in [3.8, 4) is 0 Å². The van der Waals surface area contributed by atoms with Crippen molar-refractivity contribution in [2.24, 2.45) is 0 Å². The highest BCUT2D eigenvalue weighted by molar-refractivity contribution is 4.79. The molecule has 17 heavy (non-hydrogen) atoms. The first-order valence-electron chi connectivity index (χ1n) is 6.61. The fourth-order valence-electron chi connectivity index (χ4n) is 1.89. The van der Waals surface area contributed by atoms with Gasteiger partial charge in [-0.25, -0.2) is 0 Å². The van der Waals surface area contributed by atoms with E-state index in [2.05, 4.69) is 41.5 Å². The van der Waals surface area contributed by atoms with Crippen molar-refractivity contribution < 1.29 is 14.2 Å². The minimum absolute atomic E-state index is 0.0715. The fraction of sp³-hybridized carbons (Fsp3) is 1.00. The van der Waals surface area contributed by atoms with E-state index in [1.165, 1.54) is 0 Å². The molecular weight excluding hydrogens is 216 g/mol. The van der Waals surface area contributed by atoms with E-state index >= 15 is 0 Å². The average molecular weight is 244 g/mol. The van der Waals surface area contributed by atoms with Crippen LogP contribution in [0.2, 0.25) is 0 Å². The first-order chi connectivity index (χ1) is 7.67. The van der Waals surface area contributed by atoms with Crippen molar-refractivity contribution in [3.05, 3.63) is 0 Å². The average Bonchev–Trinajstić information content (AvgIpc) is 2.12. The van der Waals surface area contributed by atoms with Gasteiger partial charge < -0.3 is 14.2 Å². The first kappa shape index (κ1) is 14.9. The van der Waals surface area contributed by atoms with Crippen LogP contribution >= 0.6 is 0 Å². The number of hydrogen-bond acceptors (Lipinski definition) is 3. The van der Waals surface area contributed by atoms with Crippen molar-refractivity contribution in [2.45, 2.75) is 77.8 Å². The van der Waals surface area contributed by atoms with Gasteiger partial charge >= 0.3 is 0 Å². The summed E-state index contributed by atoms with van der Waals surface area (Å²) in [6.07, 6.45) is 2.37. The van der Waals surface area contributed by atoms with Gasteiger partial charge in [-0.15, -0.1) is 0 Å². The number of hydrogen-bond donors (Lipinski definition) is 0. The van der Waals surface area contributed by atoms with Crippen LogP contribution in [0.15, 0.2) is 0 Å². The van der Waals surface area contributed by atoms with Crippen LogP contribution in [0.5, 0.6) is 0 Å². The van der Waals surface area contributed by atoms with Crippen molar-refractivity contribution in [1.82, 2.24) is 0 Å². The van der Waals surface area contributed by atoms with E-state index in [0.717, 1.165) is 19.4 Å². The summed E-state index contributed by atoms with van der Waals surface area (Å²) in [6, 6.07) is 0. The lowest BCUT2D eigenvalue weighted by molar-refractivity contribution is -0.179. The maximum absolute atomic E-state index is 6.05. The van der Waals surface area contributed by atoms with Gasteiger partial charge in [-0.2, -0.15) is 0 Å². The van der Waals surface area contributed by atoms with Gasteiger partial charge in [0.05, 0.1) is 23.9 Å². The van der Waals surface area contributed by atoms with E-state index in [4.69, 9.17) is 14.2 Å². The summed E-state index contributed by atoms with van der Waals surface area (Å²) in [5, 5.41) is 0. The van der Waals surface area contributed by atoms with Crippen LogP contribution in [-0.2, 0) is 14.2 Å². The minimum Gasteiger partial charge on any atom is -0.373 e. The van der Waals surface area contributed by atoms with Gasteiger partial charge in [0, 0.05) is 6.61 Å². The molecule has 0 N–H and O–H groups in total. The topological polar surface area (TPSA) is 27.7 Å². The molecule has 0 saturated carbocycles. The molecule has 1 heterocycles.